The maximum atomic E-state index is 12.0. The second-order valence-electron chi connectivity index (χ2n) is 3.83. The molecule has 0 saturated heterocycles. The highest BCUT2D eigenvalue weighted by molar-refractivity contribution is 5.80. The second kappa shape index (κ2) is 8.53. The minimum atomic E-state index is -0.538. The molecule has 0 aromatic rings. The molecular weight excluding hydrogens is 206 g/mol. The first-order valence-electron chi connectivity index (χ1n) is 6.08. The molecule has 1 N–H and O–H groups in total. The van der Waals surface area contributed by atoms with Gasteiger partial charge in [-0.25, -0.2) is 0 Å². The van der Waals surface area contributed by atoms with Gasteiger partial charge in [0.25, 0.3) is 0 Å². The van der Waals surface area contributed by atoms with E-state index in [1.807, 2.05) is 13.8 Å². The first kappa shape index (κ1) is 15.4. The lowest BCUT2D eigenvalue weighted by Crippen LogP contribution is -2.53. The van der Waals surface area contributed by atoms with Gasteiger partial charge in [-0.1, -0.05) is 20.3 Å². The molecule has 16 heavy (non-hydrogen) atoms. The lowest BCUT2D eigenvalue weighted by molar-refractivity contribution is -0.152. The fourth-order valence-electron chi connectivity index (χ4n) is 1.80. The molecule has 0 aliphatic rings. The van der Waals surface area contributed by atoms with Gasteiger partial charge in [0.2, 0.25) is 0 Å². The molecule has 4 nitrogen and oxygen atoms in total. The average molecular weight is 231 g/mol. The number of carbonyl (C=O) groups is 1. The van der Waals surface area contributed by atoms with Crippen molar-refractivity contribution in [1.82, 2.24) is 5.32 Å². The van der Waals surface area contributed by atoms with E-state index < -0.39 is 5.54 Å². The van der Waals surface area contributed by atoms with Crippen LogP contribution in [0.2, 0.25) is 0 Å². The van der Waals surface area contributed by atoms with Gasteiger partial charge < -0.3 is 9.47 Å². The number of hydrogen-bond donors (Lipinski definition) is 1. The lowest BCUT2D eigenvalue weighted by Gasteiger charge is -2.31. The number of ether oxygens (including phenoxy) is 2. The number of nitrogens with one attached hydrogen (secondary N) is 1. The molecule has 0 aromatic heterocycles. The van der Waals surface area contributed by atoms with Crippen LogP contribution in [0.15, 0.2) is 0 Å². The molecule has 96 valence electrons. The Labute approximate surface area is 98.7 Å². The SMILES string of the molecule is CCCC(CC)(NCCOC)C(=O)OCC. The number of hydrogen-bond acceptors (Lipinski definition) is 4. The van der Waals surface area contributed by atoms with Crippen LogP contribution in [0.3, 0.4) is 0 Å². The van der Waals surface area contributed by atoms with Gasteiger partial charge in [0.15, 0.2) is 0 Å². The van der Waals surface area contributed by atoms with Crippen LogP contribution in [-0.4, -0.2) is 38.4 Å². The first-order chi connectivity index (χ1) is 7.66. The third-order valence-electron chi connectivity index (χ3n) is 2.72. The molecule has 0 spiro atoms. The largest absolute Gasteiger partial charge is 0.465 e. The van der Waals surface area contributed by atoms with Crippen LogP contribution in [0.4, 0.5) is 0 Å². The molecular formula is C12H25NO3. The van der Waals surface area contributed by atoms with Gasteiger partial charge in [0, 0.05) is 13.7 Å². The Hall–Kier alpha value is -0.610. The minimum Gasteiger partial charge on any atom is -0.465 e. The van der Waals surface area contributed by atoms with E-state index in [0.29, 0.717) is 19.8 Å². The van der Waals surface area contributed by atoms with Crippen molar-refractivity contribution >= 4 is 5.97 Å². The smallest absolute Gasteiger partial charge is 0.326 e. The van der Waals surface area contributed by atoms with Crippen LogP contribution in [0.1, 0.15) is 40.0 Å². The molecule has 1 atom stereocenters. The van der Waals surface area contributed by atoms with Gasteiger partial charge in [0.05, 0.1) is 13.2 Å². The summed E-state index contributed by atoms with van der Waals surface area (Å²) in [7, 11) is 1.65. The first-order valence-corrected chi connectivity index (χ1v) is 6.08. The molecule has 0 bridgehead atoms. The van der Waals surface area contributed by atoms with Crippen LogP contribution in [0.5, 0.6) is 0 Å². The van der Waals surface area contributed by atoms with Crippen LogP contribution in [0.25, 0.3) is 0 Å². The molecule has 0 aliphatic carbocycles. The molecule has 0 aliphatic heterocycles. The van der Waals surface area contributed by atoms with Crippen molar-refractivity contribution in [2.75, 3.05) is 26.9 Å². The van der Waals surface area contributed by atoms with Gasteiger partial charge >= 0.3 is 5.97 Å². The van der Waals surface area contributed by atoms with Crippen LogP contribution in [-0.2, 0) is 14.3 Å². The molecule has 0 rings (SSSR count). The summed E-state index contributed by atoms with van der Waals surface area (Å²) in [6.07, 6.45) is 2.49. The highest BCUT2D eigenvalue weighted by Gasteiger charge is 2.36. The molecule has 1 unspecified atom stereocenters. The summed E-state index contributed by atoms with van der Waals surface area (Å²) in [6, 6.07) is 0. The van der Waals surface area contributed by atoms with Crippen LogP contribution < -0.4 is 5.32 Å². The molecule has 0 saturated carbocycles. The van der Waals surface area contributed by atoms with Crippen molar-refractivity contribution in [3.63, 3.8) is 0 Å². The monoisotopic (exact) mass is 231 g/mol. The fraction of sp³-hybridized carbons (Fsp3) is 0.917. The summed E-state index contributed by atoms with van der Waals surface area (Å²) in [4.78, 5) is 12.0. The Morgan fingerprint density at radius 3 is 2.44 bits per heavy atom. The van der Waals surface area contributed by atoms with Crippen molar-refractivity contribution in [2.24, 2.45) is 0 Å². The predicted molar refractivity (Wildman–Crippen MR) is 64.4 cm³/mol. The highest BCUT2D eigenvalue weighted by Crippen LogP contribution is 2.19. The zero-order chi connectivity index (χ0) is 12.4. The Kier molecular flexibility index (Phi) is 8.21. The van der Waals surface area contributed by atoms with E-state index in [1.54, 1.807) is 7.11 Å². The van der Waals surface area contributed by atoms with Gasteiger partial charge in [-0.2, -0.15) is 0 Å². The normalized spacial score (nSPS) is 14.5. The van der Waals surface area contributed by atoms with Crippen molar-refractivity contribution in [3.05, 3.63) is 0 Å². The van der Waals surface area contributed by atoms with E-state index in [9.17, 15) is 4.79 Å². The quantitative estimate of drug-likeness (QED) is 0.485. The summed E-state index contributed by atoms with van der Waals surface area (Å²) in [6.45, 7) is 7.61. The Morgan fingerprint density at radius 1 is 1.31 bits per heavy atom. The summed E-state index contributed by atoms with van der Waals surface area (Å²) < 4.78 is 10.1. The van der Waals surface area contributed by atoms with Gasteiger partial charge in [-0.3, -0.25) is 10.1 Å². The van der Waals surface area contributed by atoms with E-state index in [2.05, 4.69) is 12.2 Å². The number of carbonyl (C=O) groups excluding carboxylic acids is 1. The van der Waals surface area contributed by atoms with E-state index in [0.717, 1.165) is 19.3 Å². The molecule has 0 aromatic carbocycles. The van der Waals surface area contributed by atoms with Gasteiger partial charge in [-0.05, 0) is 19.8 Å². The zero-order valence-corrected chi connectivity index (χ0v) is 11.0. The summed E-state index contributed by atoms with van der Waals surface area (Å²) in [5.41, 5.74) is -0.538. The van der Waals surface area contributed by atoms with Gasteiger partial charge in [0.1, 0.15) is 5.54 Å². The van der Waals surface area contributed by atoms with E-state index in [4.69, 9.17) is 9.47 Å². The topological polar surface area (TPSA) is 47.6 Å². The lowest BCUT2D eigenvalue weighted by atomic mass is 9.90. The van der Waals surface area contributed by atoms with E-state index >= 15 is 0 Å². The maximum Gasteiger partial charge on any atom is 0.326 e. The Bertz CT molecular complexity index is 197. The summed E-state index contributed by atoms with van der Waals surface area (Å²) >= 11 is 0. The summed E-state index contributed by atoms with van der Waals surface area (Å²) in [5.74, 6) is -0.143. The number of methoxy groups -OCH3 is 1. The third-order valence-corrected chi connectivity index (χ3v) is 2.72. The van der Waals surface area contributed by atoms with Crippen molar-refractivity contribution in [2.45, 2.75) is 45.6 Å². The van der Waals surface area contributed by atoms with Gasteiger partial charge in [-0.15, -0.1) is 0 Å². The molecule has 0 radical (unpaired) electrons. The van der Waals surface area contributed by atoms with Crippen molar-refractivity contribution < 1.29 is 14.3 Å². The Balaban J connectivity index is 4.49. The predicted octanol–water partition coefficient (Wildman–Crippen LogP) is 1.73. The van der Waals surface area contributed by atoms with E-state index in [1.165, 1.54) is 0 Å². The molecule has 4 heteroatoms. The number of esters is 1. The number of rotatable bonds is 9. The van der Waals surface area contributed by atoms with E-state index in [-0.39, 0.29) is 5.97 Å². The zero-order valence-electron chi connectivity index (χ0n) is 11.0. The fourth-order valence-corrected chi connectivity index (χ4v) is 1.80. The van der Waals surface area contributed by atoms with Crippen molar-refractivity contribution in [1.29, 1.82) is 0 Å². The average Bonchev–Trinajstić information content (AvgIpc) is 2.28. The summed E-state index contributed by atoms with van der Waals surface area (Å²) in [5, 5.41) is 3.27. The molecule has 0 fully saturated rings. The maximum absolute atomic E-state index is 12.0. The minimum absolute atomic E-state index is 0.143. The molecule has 0 heterocycles. The Morgan fingerprint density at radius 2 is 2.00 bits per heavy atom. The van der Waals surface area contributed by atoms with Crippen LogP contribution in [0, 0.1) is 0 Å². The van der Waals surface area contributed by atoms with Crippen molar-refractivity contribution in [3.8, 4) is 0 Å². The second-order valence-corrected chi connectivity index (χ2v) is 3.83. The highest BCUT2D eigenvalue weighted by atomic mass is 16.5. The standard InChI is InChI=1S/C12H25NO3/c1-5-8-12(6-2,11(14)16-7-3)13-9-10-15-4/h13H,5-10H2,1-4H3. The molecule has 0 amide bonds. The third kappa shape index (κ3) is 4.49. The van der Waals surface area contributed by atoms with Crippen LogP contribution >= 0.6 is 0 Å².